The number of aliphatic hydroxyl groups is 2. The standard InChI is InChI=1S/C29H45BrO4/c1-19(8-6-14-28(3,4)33)24-12-13-25-21(9-7-15-29(24,25)5)10-11-22-16-23(31)17-26(20(22)2)34-27(32)18-30/h10-11,19,23-26,31,33H,2,6-9,12-18H2,1,3-5H3/b21-10+,22-11+/t19-,23-,24?,25?,26+,29-/m1/s1. The number of hydrogen-bond acceptors (Lipinski definition) is 4. The summed E-state index contributed by atoms with van der Waals surface area (Å²) in [7, 11) is 0. The van der Waals surface area contributed by atoms with Gasteiger partial charge in [-0.25, -0.2) is 0 Å². The Morgan fingerprint density at radius 3 is 2.76 bits per heavy atom. The van der Waals surface area contributed by atoms with E-state index in [0.717, 1.165) is 36.3 Å². The Balaban J connectivity index is 1.71. The molecule has 0 amide bonds. The van der Waals surface area contributed by atoms with Crippen molar-refractivity contribution >= 4 is 21.9 Å². The lowest BCUT2D eigenvalue weighted by molar-refractivity contribution is -0.145. The first-order chi connectivity index (χ1) is 15.9. The number of hydrogen-bond donors (Lipinski definition) is 2. The van der Waals surface area contributed by atoms with Crippen LogP contribution in [0.1, 0.15) is 91.9 Å². The van der Waals surface area contributed by atoms with Crippen molar-refractivity contribution < 1.29 is 19.7 Å². The number of carbonyl (C=O) groups excluding carboxylic acids is 1. The number of halogens is 1. The molecule has 0 aromatic rings. The van der Waals surface area contributed by atoms with E-state index in [0.29, 0.717) is 30.1 Å². The number of alkyl halides is 1. The smallest absolute Gasteiger partial charge is 0.317 e. The Kier molecular flexibility index (Phi) is 9.30. The first kappa shape index (κ1) is 27.7. The van der Waals surface area contributed by atoms with Crippen molar-refractivity contribution in [3.05, 3.63) is 35.5 Å². The monoisotopic (exact) mass is 536 g/mol. The van der Waals surface area contributed by atoms with Gasteiger partial charge in [-0.05, 0) is 93.1 Å². The van der Waals surface area contributed by atoms with Gasteiger partial charge < -0.3 is 14.9 Å². The normalized spacial score (nSPS) is 35.4. The Bertz CT molecular complexity index is 807. The van der Waals surface area contributed by atoms with Gasteiger partial charge in [-0.15, -0.1) is 0 Å². The molecule has 3 fully saturated rings. The van der Waals surface area contributed by atoms with Gasteiger partial charge in [-0.2, -0.15) is 0 Å². The maximum atomic E-state index is 11.8. The number of esters is 1. The summed E-state index contributed by atoms with van der Waals surface area (Å²) in [6, 6.07) is 0. The van der Waals surface area contributed by atoms with E-state index in [2.05, 4.69) is 48.5 Å². The molecule has 0 bridgehead atoms. The molecular formula is C29H45BrO4. The largest absolute Gasteiger partial charge is 0.457 e. The van der Waals surface area contributed by atoms with Gasteiger partial charge in [-0.3, -0.25) is 4.79 Å². The van der Waals surface area contributed by atoms with Gasteiger partial charge in [0.25, 0.3) is 0 Å². The van der Waals surface area contributed by atoms with Crippen LogP contribution in [0, 0.1) is 23.2 Å². The maximum absolute atomic E-state index is 11.8. The van der Waals surface area contributed by atoms with Crippen molar-refractivity contribution in [1.82, 2.24) is 0 Å². The molecule has 3 aliphatic carbocycles. The Morgan fingerprint density at radius 2 is 2.09 bits per heavy atom. The van der Waals surface area contributed by atoms with E-state index in [1.165, 1.54) is 37.7 Å². The molecule has 5 heteroatoms. The minimum Gasteiger partial charge on any atom is -0.457 e. The average Bonchev–Trinajstić information content (AvgIpc) is 3.11. The Labute approximate surface area is 215 Å². The molecule has 0 spiro atoms. The van der Waals surface area contributed by atoms with E-state index < -0.39 is 17.8 Å². The van der Waals surface area contributed by atoms with Gasteiger partial charge in [0.15, 0.2) is 0 Å². The number of allylic oxidation sites excluding steroid dienone is 3. The Morgan fingerprint density at radius 1 is 1.35 bits per heavy atom. The molecule has 192 valence electrons. The molecule has 0 radical (unpaired) electrons. The van der Waals surface area contributed by atoms with Crippen molar-refractivity contribution in [2.45, 2.75) is 110 Å². The highest BCUT2D eigenvalue weighted by Gasteiger charge is 2.50. The van der Waals surface area contributed by atoms with Crippen LogP contribution in [-0.2, 0) is 9.53 Å². The topological polar surface area (TPSA) is 66.8 Å². The SMILES string of the molecule is C=C1/C(=C/C=C2\CCC[C@@]3(C)C2CCC3[C@H](C)CCCC(C)(C)O)C[C@@H](O)C[C@@H]1OC(=O)CBr. The summed E-state index contributed by atoms with van der Waals surface area (Å²) in [5.74, 6) is 1.70. The third kappa shape index (κ3) is 6.64. The zero-order valence-electron chi connectivity index (χ0n) is 21.6. The van der Waals surface area contributed by atoms with Crippen LogP contribution in [0.5, 0.6) is 0 Å². The molecule has 2 N–H and O–H groups in total. The van der Waals surface area contributed by atoms with Crippen LogP contribution >= 0.6 is 15.9 Å². The molecule has 3 saturated carbocycles. The number of fused-ring (bicyclic) bond motifs is 1. The van der Waals surface area contributed by atoms with Crippen molar-refractivity contribution in [3.63, 3.8) is 0 Å². The lowest BCUT2D eigenvalue weighted by Gasteiger charge is -2.44. The highest BCUT2D eigenvalue weighted by molar-refractivity contribution is 9.09. The molecule has 0 aromatic carbocycles. The van der Waals surface area contributed by atoms with Crippen LogP contribution in [0.4, 0.5) is 0 Å². The zero-order chi connectivity index (χ0) is 25.1. The summed E-state index contributed by atoms with van der Waals surface area (Å²) in [4.78, 5) is 11.8. The molecule has 3 rings (SSSR count). The summed E-state index contributed by atoms with van der Waals surface area (Å²) in [5, 5.41) is 20.6. The molecular weight excluding hydrogens is 492 g/mol. The number of ether oxygens (including phenoxy) is 1. The van der Waals surface area contributed by atoms with Gasteiger partial charge in [0.2, 0.25) is 0 Å². The molecule has 2 unspecified atom stereocenters. The highest BCUT2D eigenvalue weighted by atomic mass is 79.9. The molecule has 6 atom stereocenters. The predicted octanol–water partition coefficient (Wildman–Crippen LogP) is 6.65. The van der Waals surface area contributed by atoms with E-state index in [1.54, 1.807) is 0 Å². The van der Waals surface area contributed by atoms with E-state index in [9.17, 15) is 15.0 Å². The average molecular weight is 538 g/mol. The molecule has 3 aliphatic rings. The van der Waals surface area contributed by atoms with E-state index in [1.807, 2.05) is 13.8 Å². The van der Waals surface area contributed by atoms with Crippen LogP contribution in [0.25, 0.3) is 0 Å². The third-order valence-corrected chi connectivity index (χ3v) is 9.25. The number of rotatable bonds is 8. The van der Waals surface area contributed by atoms with Crippen molar-refractivity contribution in [2.75, 3.05) is 5.33 Å². The number of carbonyl (C=O) groups is 1. The second kappa shape index (κ2) is 11.4. The van der Waals surface area contributed by atoms with Crippen LogP contribution < -0.4 is 0 Å². The fourth-order valence-electron chi connectivity index (χ4n) is 7.03. The van der Waals surface area contributed by atoms with E-state index in [4.69, 9.17) is 4.74 Å². The van der Waals surface area contributed by atoms with Gasteiger partial charge >= 0.3 is 5.97 Å². The van der Waals surface area contributed by atoms with Crippen molar-refractivity contribution in [2.24, 2.45) is 23.2 Å². The van der Waals surface area contributed by atoms with Crippen molar-refractivity contribution in [1.29, 1.82) is 0 Å². The molecule has 0 saturated heterocycles. The summed E-state index contributed by atoms with van der Waals surface area (Å²) in [5.41, 5.74) is 3.13. The summed E-state index contributed by atoms with van der Waals surface area (Å²) < 4.78 is 5.50. The lowest BCUT2D eigenvalue weighted by atomic mass is 9.60. The van der Waals surface area contributed by atoms with Gasteiger partial charge in [-0.1, -0.05) is 66.9 Å². The molecule has 34 heavy (non-hydrogen) atoms. The summed E-state index contributed by atoms with van der Waals surface area (Å²) in [6.07, 6.45) is 13.8. The second-order valence-corrected chi connectivity index (χ2v) is 12.5. The van der Waals surface area contributed by atoms with Gasteiger partial charge in [0.05, 0.1) is 11.7 Å². The third-order valence-electron chi connectivity index (χ3n) is 8.80. The quantitative estimate of drug-likeness (QED) is 0.269. The van der Waals surface area contributed by atoms with Crippen LogP contribution in [-0.4, -0.2) is 39.3 Å². The van der Waals surface area contributed by atoms with Crippen LogP contribution in [0.15, 0.2) is 35.5 Å². The van der Waals surface area contributed by atoms with Crippen LogP contribution in [0.2, 0.25) is 0 Å². The molecule has 4 nitrogen and oxygen atoms in total. The first-order valence-corrected chi connectivity index (χ1v) is 14.3. The second-order valence-electron chi connectivity index (χ2n) is 11.9. The minimum atomic E-state index is -0.571. The summed E-state index contributed by atoms with van der Waals surface area (Å²) >= 11 is 3.14. The van der Waals surface area contributed by atoms with E-state index >= 15 is 0 Å². The maximum Gasteiger partial charge on any atom is 0.317 e. The fourth-order valence-corrected chi connectivity index (χ4v) is 7.16. The first-order valence-electron chi connectivity index (χ1n) is 13.2. The zero-order valence-corrected chi connectivity index (χ0v) is 23.2. The predicted molar refractivity (Wildman–Crippen MR) is 142 cm³/mol. The van der Waals surface area contributed by atoms with Gasteiger partial charge in [0.1, 0.15) is 11.4 Å². The summed E-state index contributed by atoms with van der Waals surface area (Å²) in [6.45, 7) is 13.0. The van der Waals surface area contributed by atoms with Crippen LogP contribution in [0.3, 0.4) is 0 Å². The van der Waals surface area contributed by atoms with E-state index in [-0.39, 0.29) is 11.3 Å². The molecule has 0 heterocycles. The highest BCUT2D eigenvalue weighted by Crippen LogP contribution is 2.60. The molecule has 0 aliphatic heterocycles. The Hall–Kier alpha value is -0.910. The van der Waals surface area contributed by atoms with Crippen molar-refractivity contribution in [3.8, 4) is 0 Å². The number of aliphatic hydroxyl groups excluding tert-OH is 1. The minimum absolute atomic E-state index is 0.146. The lowest BCUT2D eigenvalue weighted by Crippen LogP contribution is -2.36. The van der Waals surface area contributed by atoms with Gasteiger partial charge in [0, 0.05) is 6.42 Å². The molecule has 0 aromatic heterocycles. The fraction of sp³-hybridized carbons (Fsp3) is 0.759.